The molecule has 2 aromatic rings. The highest BCUT2D eigenvalue weighted by Gasteiger charge is 2.16. The zero-order chi connectivity index (χ0) is 17.6. The van der Waals surface area contributed by atoms with E-state index in [2.05, 4.69) is 10.0 Å². The van der Waals surface area contributed by atoms with Gasteiger partial charge >= 0.3 is 0 Å². The summed E-state index contributed by atoms with van der Waals surface area (Å²) in [5, 5.41) is 2.91. The van der Waals surface area contributed by atoms with Gasteiger partial charge in [0.15, 0.2) is 0 Å². The normalized spacial score (nSPS) is 11.1. The molecule has 0 heterocycles. The molecule has 8 heteroatoms. The Hall–Kier alpha value is -2.09. The van der Waals surface area contributed by atoms with E-state index < -0.39 is 22.5 Å². The van der Waals surface area contributed by atoms with Gasteiger partial charge in [0.2, 0.25) is 15.9 Å². The molecule has 0 aliphatic rings. The van der Waals surface area contributed by atoms with Gasteiger partial charge in [-0.05, 0) is 37.3 Å². The molecule has 128 valence electrons. The van der Waals surface area contributed by atoms with Crippen LogP contribution in [-0.2, 0) is 14.8 Å². The minimum absolute atomic E-state index is 0.00230. The van der Waals surface area contributed by atoms with Crippen molar-refractivity contribution in [3.8, 4) is 5.75 Å². The molecule has 6 nitrogen and oxygen atoms in total. The standard InChI is InChI=1S/C16H17ClN2O4S/c1-2-23-15-9-4-3-8-14(15)19-16(20)11-18-24(21,22)13-7-5-6-12(17)10-13/h3-10,18H,2,11H2,1H3,(H,19,20). The number of sulfonamides is 1. The van der Waals surface area contributed by atoms with Crippen LogP contribution in [0.1, 0.15) is 6.92 Å². The van der Waals surface area contributed by atoms with Gasteiger partial charge in [-0.15, -0.1) is 0 Å². The number of hydrogen-bond donors (Lipinski definition) is 2. The highest BCUT2D eigenvalue weighted by molar-refractivity contribution is 7.89. The first-order chi connectivity index (χ1) is 11.4. The highest BCUT2D eigenvalue weighted by atomic mass is 35.5. The number of anilines is 1. The molecule has 2 N–H and O–H groups in total. The van der Waals surface area contributed by atoms with E-state index in [0.717, 1.165) is 0 Å². The second-order valence-electron chi connectivity index (χ2n) is 4.76. The van der Waals surface area contributed by atoms with E-state index in [9.17, 15) is 13.2 Å². The third-order valence-corrected chi connectivity index (χ3v) is 4.62. The van der Waals surface area contributed by atoms with Crippen LogP contribution in [0.25, 0.3) is 0 Å². The molecule has 0 bridgehead atoms. The lowest BCUT2D eigenvalue weighted by molar-refractivity contribution is -0.115. The maximum atomic E-state index is 12.1. The molecule has 0 aliphatic carbocycles. The van der Waals surface area contributed by atoms with Crippen molar-refractivity contribution in [3.63, 3.8) is 0 Å². The molecular weight excluding hydrogens is 352 g/mol. The van der Waals surface area contributed by atoms with E-state index in [4.69, 9.17) is 16.3 Å². The number of carbonyl (C=O) groups is 1. The number of hydrogen-bond acceptors (Lipinski definition) is 4. The Morgan fingerprint density at radius 1 is 1.17 bits per heavy atom. The van der Waals surface area contributed by atoms with Crippen LogP contribution in [0.4, 0.5) is 5.69 Å². The summed E-state index contributed by atoms with van der Waals surface area (Å²) in [6.45, 7) is 1.88. The molecule has 0 unspecified atom stereocenters. The lowest BCUT2D eigenvalue weighted by atomic mass is 10.3. The number of nitrogens with one attached hydrogen (secondary N) is 2. The van der Waals surface area contributed by atoms with E-state index >= 15 is 0 Å². The average molecular weight is 369 g/mol. The molecule has 0 atom stereocenters. The number of benzene rings is 2. The second kappa shape index (κ2) is 8.14. The Labute approximate surface area is 145 Å². The maximum absolute atomic E-state index is 12.1. The average Bonchev–Trinajstić information content (AvgIpc) is 2.55. The monoisotopic (exact) mass is 368 g/mol. The zero-order valence-corrected chi connectivity index (χ0v) is 14.5. The van der Waals surface area contributed by atoms with Gasteiger partial charge in [-0.3, -0.25) is 4.79 Å². The Bertz CT molecular complexity index is 824. The minimum Gasteiger partial charge on any atom is -0.492 e. The van der Waals surface area contributed by atoms with Crippen molar-refractivity contribution in [2.75, 3.05) is 18.5 Å². The largest absolute Gasteiger partial charge is 0.492 e. The van der Waals surface area contributed by atoms with E-state index in [-0.39, 0.29) is 4.90 Å². The molecule has 0 radical (unpaired) electrons. The first-order valence-electron chi connectivity index (χ1n) is 7.19. The number of rotatable bonds is 7. The SMILES string of the molecule is CCOc1ccccc1NC(=O)CNS(=O)(=O)c1cccc(Cl)c1. The fraction of sp³-hybridized carbons (Fsp3) is 0.188. The van der Waals surface area contributed by atoms with Crippen LogP contribution in [0.3, 0.4) is 0 Å². The molecule has 2 aromatic carbocycles. The summed E-state index contributed by atoms with van der Waals surface area (Å²) in [6, 6.07) is 12.7. The second-order valence-corrected chi connectivity index (χ2v) is 6.96. The Balaban J connectivity index is 2.01. The predicted octanol–water partition coefficient (Wildman–Crippen LogP) is 2.66. The van der Waals surface area contributed by atoms with Gasteiger partial charge in [-0.25, -0.2) is 13.1 Å². The van der Waals surface area contributed by atoms with Crippen LogP contribution in [0.2, 0.25) is 5.02 Å². The summed E-state index contributed by atoms with van der Waals surface area (Å²) >= 11 is 5.78. The van der Waals surface area contributed by atoms with Gasteiger partial charge in [-0.2, -0.15) is 0 Å². The van der Waals surface area contributed by atoms with Gasteiger partial charge in [0.05, 0.1) is 23.7 Å². The molecule has 0 aromatic heterocycles. The number of halogens is 1. The molecule has 0 aliphatic heterocycles. The van der Waals surface area contributed by atoms with Crippen LogP contribution in [-0.4, -0.2) is 27.5 Å². The highest BCUT2D eigenvalue weighted by Crippen LogP contribution is 2.23. The van der Waals surface area contributed by atoms with Crippen molar-refractivity contribution in [2.24, 2.45) is 0 Å². The molecule has 0 saturated heterocycles. The molecule has 24 heavy (non-hydrogen) atoms. The number of para-hydroxylation sites is 2. The third-order valence-electron chi connectivity index (χ3n) is 2.99. The van der Waals surface area contributed by atoms with Crippen molar-refractivity contribution >= 4 is 33.2 Å². The molecule has 2 rings (SSSR count). The fourth-order valence-electron chi connectivity index (χ4n) is 1.92. The molecule has 1 amide bonds. The van der Waals surface area contributed by atoms with Gasteiger partial charge < -0.3 is 10.1 Å². The number of carbonyl (C=O) groups excluding carboxylic acids is 1. The quantitative estimate of drug-likeness (QED) is 0.786. The Morgan fingerprint density at radius 2 is 1.92 bits per heavy atom. The Morgan fingerprint density at radius 3 is 2.62 bits per heavy atom. The smallest absolute Gasteiger partial charge is 0.241 e. The topological polar surface area (TPSA) is 84.5 Å². The summed E-state index contributed by atoms with van der Waals surface area (Å²) in [5.74, 6) is 0.0128. The van der Waals surface area contributed by atoms with Gasteiger partial charge in [0.25, 0.3) is 0 Å². The summed E-state index contributed by atoms with van der Waals surface area (Å²) in [7, 11) is -3.82. The zero-order valence-electron chi connectivity index (χ0n) is 13.0. The lowest BCUT2D eigenvalue weighted by Gasteiger charge is -2.12. The van der Waals surface area contributed by atoms with Gasteiger partial charge in [0, 0.05) is 5.02 Å². The minimum atomic E-state index is -3.82. The van der Waals surface area contributed by atoms with Crippen molar-refractivity contribution in [2.45, 2.75) is 11.8 Å². The van der Waals surface area contributed by atoms with E-state index in [0.29, 0.717) is 23.1 Å². The summed E-state index contributed by atoms with van der Waals surface area (Å²) in [6.07, 6.45) is 0. The van der Waals surface area contributed by atoms with Crippen molar-refractivity contribution < 1.29 is 17.9 Å². The number of amides is 1. The van der Waals surface area contributed by atoms with E-state index in [1.807, 2.05) is 6.92 Å². The first-order valence-corrected chi connectivity index (χ1v) is 9.05. The molecule has 0 fully saturated rings. The molecule has 0 spiro atoms. The summed E-state index contributed by atoms with van der Waals surface area (Å²) in [4.78, 5) is 12.0. The van der Waals surface area contributed by atoms with E-state index in [1.54, 1.807) is 30.3 Å². The van der Waals surface area contributed by atoms with Crippen molar-refractivity contribution in [3.05, 3.63) is 53.6 Å². The lowest BCUT2D eigenvalue weighted by Crippen LogP contribution is -2.33. The number of ether oxygens (including phenoxy) is 1. The van der Waals surface area contributed by atoms with Crippen LogP contribution >= 0.6 is 11.6 Å². The van der Waals surface area contributed by atoms with E-state index in [1.165, 1.54) is 18.2 Å². The maximum Gasteiger partial charge on any atom is 0.241 e. The summed E-state index contributed by atoms with van der Waals surface area (Å²) in [5.41, 5.74) is 0.478. The molecule has 0 saturated carbocycles. The fourth-order valence-corrected chi connectivity index (χ4v) is 3.21. The predicted molar refractivity (Wildman–Crippen MR) is 92.9 cm³/mol. The van der Waals surface area contributed by atoms with Gasteiger partial charge in [-0.1, -0.05) is 29.8 Å². The first kappa shape index (κ1) is 18.3. The van der Waals surface area contributed by atoms with Gasteiger partial charge in [0.1, 0.15) is 5.75 Å². The van der Waals surface area contributed by atoms with Crippen LogP contribution in [0.15, 0.2) is 53.4 Å². The summed E-state index contributed by atoms with van der Waals surface area (Å²) < 4.78 is 31.9. The molecular formula is C16H17ClN2O4S. The van der Waals surface area contributed by atoms with Crippen molar-refractivity contribution in [1.82, 2.24) is 4.72 Å². The van der Waals surface area contributed by atoms with Crippen LogP contribution < -0.4 is 14.8 Å². The Kier molecular flexibility index (Phi) is 6.19. The van der Waals surface area contributed by atoms with Crippen LogP contribution in [0.5, 0.6) is 5.75 Å². The van der Waals surface area contributed by atoms with Crippen molar-refractivity contribution in [1.29, 1.82) is 0 Å². The third kappa shape index (κ3) is 4.95. The van der Waals surface area contributed by atoms with Crippen LogP contribution in [0, 0.1) is 0 Å².